The minimum absolute atomic E-state index is 0.124. The Morgan fingerprint density at radius 1 is 1.08 bits per heavy atom. The van der Waals surface area contributed by atoms with Crippen LogP contribution in [0.4, 0.5) is 9.80 Å². The molecule has 0 fully saturated rings. The molecule has 0 spiro atoms. The van der Waals surface area contributed by atoms with Gasteiger partial charge in [0.2, 0.25) is 10.0 Å². The monoisotopic (exact) mass is 549 g/mol. The number of hydrogen-bond donors (Lipinski definition) is 3. The van der Waals surface area contributed by atoms with E-state index >= 15 is 0 Å². The van der Waals surface area contributed by atoms with Crippen LogP contribution < -0.4 is 16.0 Å². The van der Waals surface area contributed by atoms with Crippen LogP contribution in [-0.4, -0.2) is 68.7 Å². The number of thiophene rings is 1. The van der Waals surface area contributed by atoms with Gasteiger partial charge in [0.25, 0.3) is 11.8 Å². The Morgan fingerprint density at radius 3 is 2.38 bits per heavy atom. The number of fused-ring (bicyclic) bond motifs is 1. The molecule has 0 aliphatic carbocycles. The lowest BCUT2D eigenvalue weighted by atomic mass is 10.0. The second-order valence-electron chi connectivity index (χ2n) is 8.69. The molecule has 2 aromatic rings. The Labute approximate surface area is 222 Å². The number of nitrogens with one attached hydrogen (secondary N) is 3. The average Bonchev–Trinajstić information content (AvgIpc) is 3.25. The van der Waals surface area contributed by atoms with Gasteiger partial charge in [0.1, 0.15) is 5.00 Å². The molecule has 3 rings (SSSR count). The van der Waals surface area contributed by atoms with E-state index in [2.05, 4.69) is 27.8 Å². The van der Waals surface area contributed by atoms with Crippen LogP contribution in [0.2, 0.25) is 0 Å². The van der Waals surface area contributed by atoms with Crippen molar-refractivity contribution in [3.63, 3.8) is 0 Å². The number of carbonyl (C=O) groups excluding carboxylic acids is 3. The van der Waals surface area contributed by atoms with Gasteiger partial charge in [0, 0.05) is 43.7 Å². The maximum absolute atomic E-state index is 13.1. The van der Waals surface area contributed by atoms with E-state index in [1.807, 2.05) is 6.92 Å². The summed E-state index contributed by atoms with van der Waals surface area (Å²) in [7, 11) is -2.24. The second kappa shape index (κ2) is 12.6. The molecule has 1 aromatic heterocycles. The second-order valence-corrected chi connectivity index (χ2v) is 11.7. The molecule has 0 atom stereocenters. The number of rotatable bonds is 10. The number of hydrogen-bond acceptors (Lipinski definition) is 7. The Morgan fingerprint density at radius 2 is 1.78 bits per heavy atom. The number of urea groups is 1. The molecule has 202 valence electrons. The van der Waals surface area contributed by atoms with Crippen LogP contribution >= 0.6 is 11.3 Å². The molecule has 0 unspecified atom stereocenters. The van der Waals surface area contributed by atoms with Gasteiger partial charge in [-0.05, 0) is 49.2 Å². The van der Waals surface area contributed by atoms with Crippen molar-refractivity contribution in [1.82, 2.24) is 19.8 Å². The van der Waals surface area contributed by atoms with E-state index in [1.165, 1.54) is 47.0 Å². The van der Waals surface area contributed by atoms with Gasteiger partial charge < -0.3 is 10.6 Å². The average molecular weight is 550 g/mol. The van der Waals surface area contributed by atoms with Gasteiger partial charge >= 0.3 is 6.03 Å². The van der Waals surface area contributed by atoms with E-state index in [9.17, 15) is 22.8 Å². The normalized spacial score (nSPS) is 13.8. The van der Waals surface area contributed by atoms with Crippen LogP contribution in [0, 0.1) is 0 Å². The highest BCUT2D eigenvalue weighted by atomic mass is 32.2. The van der Waals surface area contributed by atoms with Crippen molar-refractivity contribution in [3.8, 4) is 0 Å². The van der Waals surface area contributed by atoms with Crippen molar-refractivity contribution in [3.05, 3.63) is 45.8 Å². The molecule has 37 heavy (non-hydrogen) atoms. The van der Waals surface area contributed by atoms with Crippen LogP contribution in [0.25, 0.3) is 0 Å². The lowest BCUT2D eigenvalue weighted by Crippen LogP contribution is -2.38. The van der Waals surface area contributed by atoms with Gasteiger partial charge in [-0.2, -0.15) is 4.31 Å². The van der Waals surface area contributed by atoms with E-state index in [0.29, 0.717) is 36.6 Å². The van der Waals surface area contributed by atoms with E-state index < -0.39 is 27.9 Å². The molecule has 1 aromatic carbocycles. The molecule has 1 aliphatic heterocycles. The molecule has 4 amide bonds. The zero-order chi connectivity index (χ0) is 27.2. The summed E-state index contributed by atoms with van der Waals surface area (Å²) in [6.07, 6.45) is 2.28. The molecule has 12 heteroatoms. The molecule has 0 saturated carbocycles. The minimum atomic E-state index is -3.66. The number of carbonyl (C=O) groups is 3. The summed E-state index contributed by atoms with van der Waals surface area (Å²) in [6, 6.07) is 5.15. The van der Waals surface area contributed by atoms with Crippen molar-refractivity contribution in [2.75, 3.05) is 38.5 Å². The predicted octanol–water partition coefficient (Wildman–Crippen LogP) is 3.26. The smallest absolute Gasteiger partial charge is 0.321 e. The standard InChI is InChI=1S/C25H35N5O5S2/c1-5-8-14-30(7-3)37(34,35)18-11-9-17(10-12-18)22(31)27-24-21(23(32)28-25(33)26-4)19-13-15-29(6-2)16-20(19)36-24/h9-12H,5-8,13-16H2,1-4H3,(H,27,31)(H2,26,28,32,33). The van der Waals surface area contributed by atoms with Crippen LogP contribution in [0.15, 0.2) is 29.2 Å². The first-order valence-corrected chi connectivity index (χ1v) is 14.7. The number of anilines is 1. The molecular formula is C25H35N5O5S2. The Balaban J connectivity index is 1.86. The van der Waals surface area contributed by atoms with E-state index in [1.54, 1.807) is 6.92 Å². The summed E-state index contributed by atoms with van der Waals surface area (Å²) < 4.78 is 27.4. The third-order valence-corrected chi connectivity index (χ3v) is 9.48. The number of nitrogens with zero attached hydrogens (tertiary/aromatic N) is 2. The van der Waals surface area contributed by atoms with Crippen molar-refractivity contribution < 1.29 is 22.8 Å². The lowest BCUT2D eigenvalue weighted by molar-refractivity contribution is 0.0964. The molecule has 0 saturated heterocycles. The molecule has 1 aliphatic rings. The fourth-order valence-corrected chi connectivity index (χ4v) is 6.94. The Bertz CT molecular complexity index is 1240. The first-order valence-electron chi connectivity index (χ1n) is 12.5. The third-order valence-electron chi connectivity index (χ3n) is 6.36. The zero-order valence-electron chi connectivity index (χ0n) is 21.7. The van der Waals surface area contributed by atoms with E-state index in [0.717, 1.165) is 36.4 Å². The fraction of sp³-hybridized carbons (Fsp3) is 0.480. The van der Waals surface area contributed by atoms with Gasteiger partial charge in [-0.3, -0.25) is 19.8 Å². The number of benzene rings is 1. The summed E-state index contributed by atoms with van der Waals surface area (Å²) in [5.41, 5.74) is 1.38. The number of amides is 4. The molecule has 3 N–H and O–H groups in total. The van der Waals surface area contributed by atoms with Crippen molar-refractivity contribution in [2.45, 2.75) is 51.5 Å². The third kappa shape index (κ3) is 6.56. The predicted molar refractivity (Wildman–Crippen MR) is 145 cm³/mol. The number of likely N-dealkylation sites (N-methyl/N-ethyl adjacent to an activating group) is 1. The maximum atomic E-state index is 13.1. The molecule has 0 bridgehead atoms. The van der Waals surface area contributed by atoms with Gasteiger partial charge in [0.15, 0.2) is 0 Å². The SMILES string of the molecule is CCCCN(CC)S(=O)(=O)c1ccc(C(=O)Nc2sc3c(c2C(=O)NC(=O)NC)CCN(CC)C3)cc1. The van der Waals surface area contributed by atoms with Crippen molar-refractivity contribution in [2.24, 2.45) is 0 Å². The van der Waals surface area contributed by atoms with Gasteiger partial charge in [-0.15, -0.1) is 11.3 Å². The van der Waals surface area contributed by atoms with Gasteiger partial charge in [-0.1, -0.05) is 27.2 Å². The van der Waals surface area contributed by atoms with E-state index in [4.69, 9.17) is 0 Å². The Hall–Kier alpha value is -2.80. The van der Waals surface area contributed by atoms with E-state index in [-0.39, 0.29) is 10.5 Å². The summed E-state index contributed by atoms with van der Waals surface area (Å²) >= 11 is 1.32. The summed E-state index contributed by atoms with van der Waals surface area (Å²) in [6.45, 7) is 8.97. The van der Waals surface area contributed by atoms with Crippen LogP contribution in [0.1, 0.15) is 64.8 Å². The van der Waals surface area contributed by atoms with Crippen molar-refractivity contribution >= 4 is 44.2 Å². The van der Waals surface area contributed by atoms with Crippen molar-refractivity contribution in [1.29, 1.82) is 0 Å². The first-order chi connectivity index (χ1) is 17.7. The maximum Gasteiger partial charge on any atom is 0.321 e. The Kier molecular flexibility index (Phi) is 9.82. The highest BCUT2D eigenvalue weighted by Crippen LogP contribution is 2.37. The minimum Gasteiger partial charge on any atom is -0.341 e. The molecule has 2 heterocycles. The fourth-order valence-electron chi connectivity index (χ4n) is 4.17. The first kappa shape index (κ1) is 28.8. The number of imide groups is 1. The van der Waals surface area contributed by atoms with Crippen LogP contribution in [0.3, 0.4) is 0 Å². The highest BCUT2D eigenvalue weighted by Gasteiger charge is 2.29. The summed E-state index contributed by atoms with van der Waals surface area (Å²) in [5.74, 6) is -1.05. The number of sulfonamides is 1. The highest BCUT2D eigenvalue weighted by molar-refractivity contribution is 7.89. The molecule has 10 nitrogen and oxygen atoms in total. The quantitative estimate of drug-likeness (QED) is 0.417. The molecular weight excluding hydrogens is 514 g/mol. The topological polar surface area (TPSA) is 128 Å². The van der Waals surface area contributed by atoms with Gasteiger partial charge in [0.05, 0.1) is 10.5 Å². The van der Waals surface area contributed by atoms with Gasteiger partial charge in [-0.25, -0.2) is 13.2 Å². The largest absolute Gasteiger partial charge is 0.341 e. The molecule has 0 radical (unpaired) electrons. The zero-order valence-corrected chi connectivity index (χ0v) is 23.4. The summed E-state index contributed by atoms with van der Waals surface area (Å²) in [5, 5.41) is 7.84. The van der Waals surface area contributed by atoms with Crippen LogP contribution in [0.5, 0.6) is 0 Å². The summed E-state index contributed by atoms with van der Waals surface area (Å²) in [4.78, 5) is 41.2. The number of unbranched alkanes of at least 4 members (excludes halogenated alkanes) is 1. The lowest BCUT2D eigenvalue weighted by Gasteiger charge is -2.25. The van der Waals surface area contributed by atoms with Crippen LogP contribution in [-0.2, 0) is 23.0 Å².